The van der Waals surface area contributed by atoms with Crippen molar-refractivity contribution in [2.75, 3.05) is 6.61 Å². The smallest absolute Gasteiger partial charge is 0.384 e. The Hall–Kier alpha value is -0.290. The number of rotatable bonds is 2. The van der Waals surface area contributed by atoms with Crippen LogP contribution in [0.5, 0.6) is 0 Å². The summed E-state index contributed by atoms with van der Waals surface area (Å²) >= 11 is 0. The van der Waals surface area contributed by atoms with Crippen molar-refractivity contribution in [1.82, 2.24) is 0 Å². The van der Waals surface area contributed by atoms with Gasteiger partial charge in [-0.3, -0.25) is 0 Å². The Morgan fingerprint density at radius 1 is 1.54 bits per heavy atom. The zero-order chi connectivity index (χ0) is 10.1. The first-order valence-electron chi connectivity index (χ1n) is 4.27. The van der Waals surface area contributed by atoms with Gasteiger partial charge in [-0.25, -0.2) is 0 Å². The van der Waals surface area contributed by atoms with Crippen LogP contribution >= 0.6 is 0 Å². The van der Waals surface area contributed by atoms with Crippen molar-refractivity contribution < 1.29 is 23.0 Å². The van der Waals surface area contributed by atoms with Crippen LogP contribution in [0.25, 0.3) is 0 Å². The minimum atomic E-state index is -4.50. The minimum absolute atomic E-state index is 0.169. The predicted octanol–water partition coefficient (Wildman–Crippen LogP) is 1.72. The molecule has 5 heteroatoms. The first-order valence-corrected chi connectivity index (χ1v) is 4.27. The van der Waals surface area contributed by atoms with E-state index in [2.05, 4.69) is 0 Å². The summed E-state index contributed by atoms with van der Waals surface area (Å²) in [4.78, 5) is 0. The second kappa shape index (κ2) is 3.84. The number of hydrogen-bond acceptors (Lipinski definition) is 2. The van der Waals surface area contributed by atoms with Crippen molar-refractivity contribution in [2.24, 2.45) is 5.92 Å². The third kappa shape index (κ3) is 2.84. The summed E-state index contributed by atoms with van der Waals surface area (Å²) in [5.74, 6) is -0.170. The molecule has 3 unspecified atom stereocenters. The minimum Gasteiger partial charge on any atom is -0.384 e. The normalized spacial score (nSPS) is 32.1. The number of aliphatic hydroxyl groups excluding tert-OH is 1. The van der Waals surface area contributed by atoms with Crippen molar-refractivity contribution in [1.29, 1.82) is 0 Å². The van der Waals surface area contributed by atoms with Gasteiger partial charge in [-0.15, -0.1) is 0 Å². The fraction of sp³-hybridized carbons (Fsp3) is 1.00. The average molecular weight is 198 g/mol. The standard InChI is InChI=1S/C8H13F3O2/c1-5-6(2-3-13-5)4-7(12)8(9,10)11/h5-7,12H,2-4H2,1H3. The van der Waals surface area contributed by atoms with Crippen molar-refractivity contribution >= 4 is 0 Å². The molecule has 0 aromatic carbocycles. The van der Waals surface area contributed by atoms with E-state index in [0.717, 1.165) is 0 Å². The number of ether oxygens (including phenoxy) is 1. The Bertz CT molecular complexity index is 169. The lowest BCUT2D eigenvalue weighted by Gasteiger charge is -2.20. The van der Waals surface area contributed by atoms with Gasteiger partial charge in [0.15, 0.2) is 0 Å². The Kier molecular flexibility index (Phi) is 3.18. The van der Waals surface area contributed by atoms with Crippen LogP contribution in [0.1, 0.15) is 19.8 Å². The fourth-order valence-corrected chi connectivity index (χ4v) is 1.51. The molecule has 0 radical (unpaired) electrons. The molecule has 0 aromatic rings. The van der Waals surface area contributed by atoms with E-state index in [-0.39, 0.29) is 18.4 Å². The lowest BCUT2D eigenvalue weighted by Crippen LogP contribution is -2.32. The Balaban J connectivity index is 2.40. The molecule has 1 N–H and O–H groups in total. The van der Waals surface area contributed by atoms with E-state index in [1.54, 1.807) is 6.92 Å². The van der Waals surface area contributed by atoms with Crippen LogP contribution in [0, 0.1) is 5.92 Å². The summed E-state index contributed by atoms with van der Waals surface area (Å²) in [6.45, 7) is 2.23. The Morgan fingerprint density at radius 2 is 2.15 bits per heavy atom. The fourth-order valence-electron chi connectivity index (χ4n) is 1.51. The highest BCUT2D eigenvalue weighted by atomic mass is 19.4. The molecule has 0 bridgehead atoms. The second-order valence-electron chi connectivity index (χ2n) is 3.42. The van der Waals surface area contributed by atoms with Gasteiger partial charge >= 0.3 is 6.18 Å². The molecule has 1 heterocycles. The van der Waals surface area contributed by atoms with Gasteiger partial charge in [-0.05, 0) is 25.7 Å². The third-order valence-electron chi connectivity index (χ3n) is 2.44. The molecule has 1 fully saturated rings. The number of hydrogen-bond donors (Lipinski definition) is 1. The first kappa shape index (κ1) is 10.8. The van der Waals surface area contributed by atoms with Gasteiger partial charge in [0.1, 0.15) is 6.10 Å². The largest absolute Gasteiger partial charge is 0.414 e. The molecule has 1 aliphatic rings. The van der Waals surface area contributed by atoms with Crippen LogP contribution in [0.4, 0.5) is 13.2 Å². The molecule has 3 atom stereocenters. The number of halogens is 3. The summed E-state index contributed by atoms with van der Waals surface area (Å²) < 4.78 is 40.9. The van der Waals surface area contributed by atoms with Gasteiger partial charge in [-0.2, -0.15) is 13.2 Å². The van der Waals surface area contributed by atoms with Crippen molar-refractivity contribution in [3.63, 3.8) is 0 Å². The molecule has 0 spiro atoms. The zero-order valence-electron chi connectivity index (χ0n) is 7.34. The molecular weight excluding hydrogens is 185 g/mol. The predicted molar refractivity (Wildman–Crippen MR) is 40.2 cm³/mol. The molecule has 2 nitrogen and oxygen atoms in total. The Morgan fingerprint density at radius 3 is 2.54 bits per heavy atom. The van der Waals surface area contributed by atoms with E-state index in [1.165, 1.54) is 0 Å². The average Bonchev–Trinajstić information content (AvgIpc) is 2.34. The molecular formula is C8H13F3O2. The van der Waals surface area contributed by atoms with Gasteiger partial charge in [-0.1, -0.05) is 0 Å². The van der Waals surface area contributed by atoms with E-state index in [4.69, 9.17) is 9.84 Å². The lowest BCUT2D eigenvalue weighted by atomic mass is 9.95. The van der Waals surface area contributed by atoms with E-state index >= 15 is 0 Å². The van der Waals surface area contributed by atoms with Gasteiger partial charge in [0.25, 0.3) is 0 Å². The third-order valence-corrected chi connectivity index (χ3v) is 2.44. The molecule has 0 saturated carbocycles. The number of aliphatic hydroxyl groups is 1. The van der Waals surface area contributed by atoms with E-state index in [1.807, 2.05) is 0 Å². The van der Waals surface area contributed by atoms with Gasteiger partial charge in [0, 0.05) is 6.61 Å². The van der Waals surface area contributed by atoms with Crippen LogP contribution in [0.3, 0.4) is 0 Å². The maximum Gasteiger partial charge on any atom is 0.414 e. The molecule has 0 aromatic heterocycles. The number of alkyl halides is 3. The molecule has 13 heavy (non-hydrogen) atoms. The van der Waals surface area contributed by atoms with Crippen LogP contribution < -0.4 is 0 Å². The molecule has 1 saturated heterocycles. The van der Waals surface area contributed by atoms with Crippen LogP contribution in [0.15, 0.2) is 0 Å². The lowest BCUT2D eigenvalue weighted by molar-refractivity contribution is -0.209. The summed E-state index contributed by atoms with van der Waals surface area (Å²) in [6.07, 6.45) is -6.51. The molecule has 1 rings (SSSR count). The van der Waals surface area contributed by atoms with Crippen LogP contribution in [-0.2, 0) is 4.74 Å². The van der Waals surface area contributed by atoms with Crippen molar-refractivity contribution in [3.8, 4) is 0 Å². The monoisotopic (exact) mass is 198 g/mol. The first-order chi connectivity index (χ1) is 5.91. The summed E-state index contributed by atoms with van der Waals surface area (Å²) in [5.41, 5.74) is 0. The molecule has 78 valence electrons. The molecule has 0 aliphatic carbocycles. The van der Waals surface area contributed by atoms with Gasteiger partial charge in [0.2, 0.25) is 0 Å². The summed E-state index contributed by atoms with van der Waals surface area (Å²) in [6, 6.07) is 0. The highest BCUT2D eigenvalue weighted by molar-refractivity contribution is 4.78. The summed E-state index contributed by atoms with van der Waals surface area (Å²) in [7, 11) is 0. The SMILES string of the molecule is CC1OCCC1CC(O)C(F)(F)F. The summed E-state index contributed by atoms with van der Waals surface area (Å²) in [5, 5.41) is 8.78. The van der Waals surface area contributed by atoms with Gasteiger partial charge < -0.3 is 9.84 Å². The topological polar surface area (TPSA) is 29.5 Å². The van der Waals surface area contributed by atoms with Crippen LogP contribution in [0.2, 0.25) is 0 Å². The van der Waals surface area contributed by atoms with E-state index in [0.29, 0.717) is 13.0 Å². The van der Waals surface area contributed by atoms with E-state index < -0.39 is 12.3 Å². The van der Waals surface area contributed by atoms with E-state index in [9.17, 15) is 13.2 Å². The maximum absolute atomic E-state index is 11.9. The highest BCUT2D eigenvalue weighted by Crippen LogP contribution is 2.31. The van der Waals surface area contributed by atoms with Gasteiger partial charge in [0.05, 0.1) is 6.10 Å². The zero-order valence-corrected chi connectivity index (χ0v) is 7.34. The van der Waals surface area contributed by atoms with Crippen LogP contribution in [-0.4, -0.2) is 30.1 Å². The van der Waals surface area contributed by atoms with Crippen molar-refractivity contribution in [2.45, 2.75) is 38.1 Å². The second-order valence-corrected chi connectivity index (χ2v) is 3.42. The van der Waals surface area contributed by atoms with Crippen molar-refractivity contribution in [3.05, 3.63) is 0 Å². The maximum atomic E-state index is 11.9. The molecule has 1 aliphatic heterocycles. The highest BCUT2D eigenvalue weighted by Gasteiger charge is 2.41. The molecule has 0 amide bonds. The quantitative estimate of drug-likeness (QED) is 0.732. The Labute approximate surface area is 74.7 Å².